The van der Waals surface area contributed by atoms with Gasteiger partial charge in [-0.25, -0.2) is 0 Å². The smallest absolute Gasteiger partial charge is 0.309 e. The number of aromatic nitrogens is 3. The minimum Gasteiger partial charge on any atom is -0.481 e. The standard InChI is InChI=1S/C32H39ClN6O4S/c1-18-19(2)44-28-25(18)26(21-8-10-22(33)11-9-21)34-23(27-36-35-20(3)39(27)28)16-24(40)37-12-14-38(15-13-37)29(41)31(4,5)17-32(6,7)30(42)43/h8-11,23H,12-17H2,1-7H3,(H,42,43). The van der Waals surface area contributed by atoms with E-state index >= 15 is 0 Å². The number of aliphatic imine (C=N–C) groups is 1. The van der Waals surface area contributed by atoms with Crippen molar-refractivity contribution in [1.29, 1.82) is 0 Å². The molecule has 1 N–H and O–H groups in total. The Balaban J connectivity index is 1.38. The maximum Gasteiger partial charge on any atom is 0.309 e. The van der Waals surface area contributed by atoms with Crippen LogP contribution >= 0.6 is 22.9 Å². The summed E-state index contributed by atoms with van der Waals surface area (Å²) in [5, 5.41) is 20.1. The number of fused-ring (bicyclic) bond motifs is 3. The lowest BCUT2D eigenvalue weighted by atomic mass is 9.74. The molecule has 1 fully saturated rings. The number of rotatable bonds is 7. The predicted octanol–water partition coefficient (Wildman–Crippen LogP) is 5.39. The van der Waals surface area contributed by atoms with Gasteiger partial charge in [0.25, 0.3) is 0 Å². The molecular weight excluding hydrogens is 600 g/mol. The van der Waals surface area contributed by atoms with Gasteiger partial charge in [-0.3, -0.25) is 23.9 Å². The molecule has 1 atom stereocenters. The Morgan fingerprint density at radius 1 is 0.955 bits per heavy atom. The number of thiophene rings is 1. The molecule has 2 amide bonds. The third-order valence-corrected chi connectivity index (χ3v) is 10.1. The largest absolute Gasteiger partial charge is 0.481 e. The molecule has 0 bridgehead atoms. The van der Waals surface area contributed by atoms with E-state index in [0.29, 0.717) is 37.0 Å². The van der Waals surface area contributed by atoms with Gasteiger partial charge in [-0.15, -0.1) is 21.5 Å². The van der Waals surface area contributed by atoms with Crippen molar-refractivity contribution in [1.82, 2.24) is 24.6 Å². The number of hydrogen-bond donors (Lipinski definition) is 1. The highest BCUT2D eigenvalue weighted by Gasteiger charge is 2.42. The first-order chi connectivity index (χ1) is 20.6. The predicted molar refractivity (Wildman–Crippen MR) is 171 cm³/mol. The number of halogens is 1. The number of carboxylic acids is 1. The fraction of sp³-hybridized carbons (Fsp3) is 0.500. The first-order valence-electron chi connectivity index (χ1n) is 14.8. The average Bonchev–Trinajstić information content (AvgIpc) is 3.44. The Bertz CT molecular complexity index is 1650. The summed E-state index contributed by atoms with van der Waals surface area (Å²) in [6.45, 7) is 14.5. The van der Waals surface area contributed by atoms with Gasteiger partial charge in [-0.1, -0.05) is 37.6 Å². The van der Waals surface area contributed by atoms with Crippen LogP contribution in [0.2, 0.25) is 5.02 Å². The highest BCUT2D eigenvalue weighted by molar-refractivity contribution is 7.15. The van der Waals surface area contributed by atoms with Crippen molar-refractivity contribution >= 4 is 46.4 Å². The van der Waals surface area contributed by atoms with Crippen molar-refractivity contribution in [2.45, 2.75) is 67.3 Å². The van der Waals surface area contributed by atoms with Gasteiger partial charge in [-0.2, -0.15) is 0 Å². The van der Waals surface area contributed by atoms with Gasteiger partial charge in [0.05, 0.1) is 17.5 Å². The summed E-state index contributed by atoms with van der Waals surface area (Å²) < 4.78 is 2.03. The van der Waals surface area contributed by atoms with Crippen LogP contribution in [0.25, 0.3) is 5.00 Å². The number of carbonyl (C=O) groups is 3. The summed E-state index contributed by atoms with van der Waals surface area (Å²) in [4.78, 5) is 48.7. The van der Waals surface area contributed by atoms with Gasteiger partial charge in [0, 0.05) is 52.6 Å². The molecule has 5 rings (SSSR count). The molecule has 0 spiro atoms. The number of hydrogen-bond acceptors (Lipinski definition) is 7. The molecular formula is C32H39ClN6O4S. The summed E-state index contributed by atoms with van der Waals surface area (Å²) in [6.07, 6.45) is 0.321. The Kier molecular flexibility index (Phi) is 8.50. The third kappa shape index (κ3) is 5.91. The molecule has 2 aromatic heterocycles. The number of carbonyl (C=O) groups excluding carboxylic acids is 2. The van der Waals surface area contributed by atoms with Crippen molar-refractivity contribution in [2.75, 3.05) is 26.2 Å². The third-order valence-electron chi connectivity index (χ3n) is 8.69. The number of amides is 2. The highest BCUT2D eigenvalue weighted by Crippen LogP contribution is 2.40. The molecule has 234 valence electrons. The summed E-state index contributed by atoms with van der Waals surface area (Å²) in [5.74, 6) is 0.256. The number of benzene rings is 1. The molecule has 1 unspecified atom stereocenters. The second-order valence-electron chi connectivity index (χ2n) is 13.0. The topological polar surface area (TPSA) is 121 Å². The van der Waals surface area contributed by atoms with E-state index in [1.807, 2.05) is 35.8 Å². The number of piperazine rings is 1. The molecule has 1 aromatic carbocycles. The van der Waals surface area contributed by atoms with E-state index in [0.717, 1.165) is 33.2 Å². The zero-order valence-corrected chi connectivity index (χ0v) is 27.8. The van der Waals surface area contributed by atoms with Gasteiger partial charge in [-0.05, 0) is 58.7 Å². The minimum atomic E-state index is -1.03. The molecule has 2 aliphatic heterocycles. The van der Waals surface area contributed by atoms with Crippen molar-refractivity contribution in [2.24, 2.45) is 15.8 Å². The van der Waals surface area contributed by atoms with Crippen LogP contribution in [-0.4, -0.2) is 79.3 Å². The van der Waals surface area contributed by atoms with Crippen LogP contribution in [0, 0.1) is 31.6 Å². The van der Waals surface area contributed by atoms with E-state index in [2.05, 4.69) is 24.0 Å². The summed E-state index contributed by atoms with van der Waals surface area (Å²) in [6, 6.07) is 7.02. The van der Waals surface area contributed by atoms with Crippen LogP contribution in [0.4, 0.5) is 0 Å². The van der Waals surface area contributed by atoms with E-state index in [9.17, 15) is 19.5 Å². The normalized spacial score (nSPS) is 17.1. The number of aliphatic carboxylic acids is 1. The van der Waals surface area contributed by atoms with Crippen LogP contribution in [0.15, 0.2) is 29.3 Å². The van der Waals surface area contributed by atoms with Crippen molar-refractivity contribution in [3.63, 3.8) is 0 Å². The van der Waals surface area contributed by atoms with Crippen molar-refractivity contribution in [3.05, 3.63) is 62.5 Å². The Hall–Kier alpha value is -3.57. The van der Waals surface area contributed by atoms with Gasteiger partial charge >= 0.3 is 5.97 Å². The first-order valence-corrected chi connectivity index (χ1v) is 16.0. The van der Waals surface area contributed by atoms with Crippen LogP contribution in [-0.2, 0) is 14.4 Å². The summed E-state index contributed by atoms with van der Waals surface area (Å²) >= 11 is 7.88. The Morgan fingerprint density at radius 3 is 2.18 bits per heavy atom. The quantitative estimate of drug-likeness (QED) is 0.371. The lowest BCUT2D eigenvalue weighted by molar-refractivity contribution is -0.153. The summed E-state index contributed by atoms with van der Waals surface area (Å²) in [5.41, 5.74) is 1.96. The second kappa shape index (κ2) is 11.7. The Morgan fingerprint density at radius 2 is 1.57 bits per heavy atom. The van der Waals surface area contributed by atoms with Gasteiger partial charge in [0.1, 0.15) is 16.9 Å². The maximum absolute atomic E-state index is 13.8. The lowest BCUT2D eigenvalue weighted by Gasteiger charge is -2.40. The maximum atomic E-state index is 13.8. The zero-order chi connectivity index (χ0) is 32.1. The van der Waals surface area contributed by atoms with Gasteiger partial charge in [0.15, 0.2) is 5.82 Å². The molecule has 12 heteroatoms. The number of nitrogens with zero attached hydrogens (tertiary/aromatic N) is 6. The molecule has 4 heterocycles. The fourth-order valence-corrected chi connectivity index (χ4v) is 7.61. The molecule has 3 aromatic rings. The second-order valence-corrected chi connectivity index (χ2v) is 14.7. The average molecular weight is 639 g/mol. The van der Waals surface area contributed by atoms with E-state index in [1.165, 1.54) is 4.88 Å². The van der Waals surface area contributed by atoms with Crippen LogP contribution in [0.1, 0.15) is 79.8 Å². The number of aryl methyl sites for hydroxylation is 2. The SMILES string of the molecule is Cc1sc2c(c1C)C(c1ccc(Cl)cc1)=NC(CC(=O)N1CCN(C(=O)C(C)(C)CC(C)(C)C(=O)O)CC1)c1nnc(C)n1-2. The van der Waals surface area contributed by atoms with E-state index in [4.69, 9.17) is 16.6 Å². The lowest BCUT2D eigenvalue weighted by Crippen LogP contribution is -2.54. The van der Waals surface area contributed by atoms with Crippen LogP contribution in [0.3, 0.4) is 0 Å². The Labute approximate surface area is 266 Å². The molecule has 10 nitrogen and oxygen atoms in total. The fourth-order valence-electron chi connectivity index (χ4n) is 6.27. The molecule has 2 aliphatic rings. The van der Waals surface area contributed by atoms with Gasteiger partial charge in [0.2, 0.25) is 11.8 Å². The minimum absolute atomic E-state index is 0.0714. The van der Waals surface area contributed by atoms with E-state index < -0.39 is 22.8 Å². The molecule has 0 saturated carbocycles. The molecule has 44 heavy (non-hydrogen) atoms. The highest BCUT2D eigenvalue weighted by atomic mass is 35.5. The summed E-state index contributed by atoms with van der Waals surface area (Å²) in [7, 11) is 0. The van der Waals surface area contributed by atoms with Crippen molar-refractivity contribution < 1.29 is 19.5 Å². The first kappa shape index (κ1) is 31.8. The van der Waals surface area contributed by atoms with Crippen LogP contribution in [0.5, 0.6) is 0 Å². The molecule has 0 radical (unpaired) electrons. The zero-order valence-electron chi connectivity index (χ0n) is 26.3. The number of carboxylic acid groups (broad SMARTS) is 1. The monoisotopic (exact) mass is 638 g/mol. The molecule has 1 saturated heterocycles. The van der Waals surface area contributed by atoms with E-state index in [1.54, 1.807) is 48.8 Å². The van der Waals surface area contributed by atoms with E-state index in [-0.39, 0.29) is 24.7 Å². The van der Waals surface area contributed by atoms with Crippen molar-refractivity contribution in [3.8, 4) is 5.00 Å². The molecule has 0 aliphatic carbocycles. The van der Waals surface area contributed by atoms with Crippen LogP contribution < -0.4 is 0 Å². The van der Waals surface area contributed by atoms with Gasteiger partial charge < -0.3 is 14.9 Å².